The number of hydrogen-bond acceptors (Lipinski definition) is 3. The highest BCUT2D eigenvalue weighted by molar-refractivity contribution is 5.99. The number of aryl methyl sites for hydroxylation is 2. The van der Waals surface area contributed by atoms with Crippen molar-refractivity contribution in [3.8, 4) is 0 Å². The molecule has 1 aromatic heterocycles. The fourth-order valence-corrected chi connectivity index (χ4v) is 13.4. The zero-order chi connectivity index (χ0) is 36.4. The lowest BCUT2D eigenvalue weighted by Crippen LogP contribution is -3.00. The summed E-state index contributed by atoms with van der Waals surface area (Å²) in [5.41, 5.74) is 8.11. The molecule has 4 aliphatic carbocycles. The van der Waals surface area contributed by atoms with E-state index < -0.39 is 0 Å². The van der Waals surface area contributed by atoms with Gasteiger partial charge in [-0.3, -0.25) is 4.79 Å². The van der Waals surface area contributed by atoms with Crippen molar-refractivity contribution in [3.05, 3.63) is 89.3 Å². The molecule has 0 unspecified atom stereocenters. The van der Waals surface area contributed by atoms with E-state index in [-0.39, 0.29) is 34.0 Å². The van der Waals surface area contributed by atoms with Crippen molar-refractivity contribution in [3.63, 3.8) is 0 Å². The van der Waals surface area contributed by atoms with Gasteiger partial charge in [-0.1, -0.05) is 75.7 Å². The first-order valence-electron chi connectivity index (χ1n) is 21.0. The number of allylic oxidation sites excluding steroid dienone is 2. The van der Waals surface area contributed by atoms with Gasteiger partial charge in [-0.25, -0.2) is 9.13 Å². The van der Waals surface area contributed by atoms with E-state index in [1.54, 1.807) is 5.57 Å². The van der Waals surface area contributed by atoms with Crippen LogP contribution in [0.15, 0.2) is 72.6 Å². The van der Waals surface area contributed by atoms with Gasteiger partial charge in [-0.2, -0.15) is 0 Å². The van der Waals surface area contributed by atoms with Crippen molar-refractivity contribution in [2.75, 3.05) is 6.61 Å². The first kappa shape index (κ1) is 36.8. The summed E-state index contributed by atoms with van der Waals surface area (Å²) < 4.78 is 18.4. The number of fused-ring (bicyclic) bond motifs is 9. The first-order chi connectivity index (χ1) is 25.5. The number of ether oxygens (including phenoxy) is 2. The van der Waals surface area contributed by atoms with Gasteiger partial charge in [0, 0.05) is 24.3 Å². The van der Waals surface area contributed by atoms with Crippen LogP contribution in [0.25, 0.3) is 21.8 Å². The lowest BCUT2D eigenvalue weighted by molar-refractivity contribution is -0.658. The summed E-state index contributed by atoms with van der Waals surface area (Å²) in [6, 6.07) is 19.5. The highest BCUT2D eigenvalue weighted by Crippen LogP contribution is 2.71. The largest absolute Gasteiger partial charge is 1.00 e. The molecule has 0 bridgehead atoms. The Morgan fingerprint density at radius 3 is 2.52 bits per heavy atom. The molecule has 6 aliphatic rings. The van der Waals surface area contributed by atoms with Gasteiger partial charge in [0.25, 0.3) is 0 Å². The molecule has 4 aromatic rings. The summed E-state index contributed by atoms with van der Waals surface area (Å²) in [6.45, 7) is 15.7. The van der Waals surface area contributed by atoms with Crippen molar-refractivity contribution in [2.24, 2.45) is 46.3 Å². The molecule has 6 heteroatoms. The maximum Gasteiger partial charge on any atom is 0.245 e. The summed E-state index contributed by atoms with van der Waals surface area (Å²) >= 11 is 0. The van der Waals surface area contributed by atoms with Gasteiger partial charge in [-0.15, -0.1) is 0 Å². The molecule has 2 aliphatic heterocycles. The zero-order valence-electron chi connectivity index (χ0n) is 33.2. The Morgan fingerprint density at radius 1 is 0.926 bits per heavy atom. The van der Waals surface area contributed by atoms with Gasteiger partial charge in [0.2, 0.25) is 12.1 Å². The van der Waals surface area contributed by atoms with E-state index >= 15 is 0 Å². The number of aromatic nitrogens is 2. The number of nitrogens with zero attached hydrogens (tertiary/aromatic N) is 2. The Morgan fingerprint density at radius 2 is 1.72 bits per heavy atom. The van der Waals surface area contributed by atoms with Crippen LogP contribution in [0.3, 0.4) is 0 Å². The van der Waals surface area contributed by atoms with E-state index in [2.05, 4.69) is 106 Å². The standard InChI is InChI=1S/C48H59N2O3.BrH/c1-29-15-20-48(52-27-29)32(4)45-44(53-48)25-40-38-14-13-36-24-37(16-18-46(36,5)39(38)17-19-47(40,45)6)50-28-49(41-21-30(2)31(3)22-42(41)50)26-43(51)35-12-11-33-9-7-8-10-34(33)23-35;/h7-13,21-23,28-29,32,37-40,44-45H,14-20,24-27H2,1-6H3;1H/q+1;/p-1/t29-,32+,37-,38-,39+,40+,44+,45+,46+,47+,48-;/m1./s1. The minimum absolute atomic E-state index is 0. The Bertz CT molecular complexity index is 2160. The van der Waals surface area contributed by atoms with Gasteiger partial charge in [0.15, 0.2) is 23.4 Å². The third kappa shape index (κ3) is 5.42. The zero-order valence-corrected chi connectivity index (χ0v) is 34.8. The fraction of sp³-hybridized carbons (Fsp3) is 0.583. The third-order valence-electron chi connectivity index (χ3n) is 16.6. The highest BCUT2D eigenvalue weighted by atomic mass is 79.9. The van der Waals surface area contributed by atoms with Gasteiger partial charge >= 0.3 is 0 Å². The number of benzene rings is 3. The average molecular weight is 792 g/mol. The Balaban J connectivity index is 0.00000384. The number of Topliss-reactive ketones (excluding diaryl/α,β-unsaturated/α-hetero) is 1. The number of hydrogen-bond donors (Lipinski definition) is 0. The van der Waals surface area contributed by atoms with Crippen LogP contribution in [-0.4, -0.2) is 28.8 Å². The maximum atomic E-state index is 13.8. The summed E-state index contributed by atoms with van der Waals surface area (Å²) in [5, 5.41) is 2.28. The number of ketones is 1. The van der Waals surface area contributed by atoms with Crippen molar-refractivity contribution < 1.29 is 35.8 Å². The van der Waals surface area contributed by atoms with Crippen LogP contribution in [-0.2, 0) is 16.0 Å². The molecular weight excluding hydrogens is 732 g/mol. The maximum absolute atomic E-state index is 13.8. The fourth-order valence-electron chi connectivity index (χ4n) is 13.4. The molecule has 286 valence electrons. The minimum atomic E-state index is -0.335. The topological polar surface area (TPSA) is 44.3 Å². The van der Waals surface area contributed by atoms with Crippen molar-refractivity contribution in [1.82, 2.24) is 4.57 Å². The smallest absolute Gasteiger partial charge is 0.245 e. The Kier molecular flexibility index (Phi) is 8.95. The van der Waals surface area contributed by atoms with Crippen LogP contribution in [0, 0.1) is 60.2 Å². The van der Waals surface area contributed by atoms with Gasteiger partial charge in [0.05, 0.1) is 12.7 Å². The molecule has 5 nitrogen and oxygen atoms in total. The molecule has 0 radical (unpaired) electrons. The van der Waals surface area contributed by atoms with E-state index in [9.17, 15) is 4.79 Å². The SMILES string of the molecule is Cc1cc2c(cc1C)[n+](CC(=O)c1ccc3ccccc3c1)cn2[C@@H]1CC[C@@]2(C)C(=CC[C@H]3[C@@H]4C[C@@H]5O[C@]6(CC[C@@H](C)CO6)[C@@H](C)[C@@H]5[C@@]4(C)CC[C@@H]32)C1.[Br-]. The van der Waals surface area contributed by atoms with Crippen molar-refractivity contribution >= 4 is 27.6 Å². The minimum Gasteiger partial charge on any atom is -1.00 e. The Hall–Kier alpha value is -2.80. The van der Waals surface area contributed by atoms with Crippen LogP contribution >= 0.6 is 0 Å². The molecule has 11 atom stereocenters. The normalized spacial score (nSPS) is 38.4. The van der Waals surface area contributed by atoms with Crippen LogP contribution in [0.1, 0.15) is 113 Å². The molecule has 5 fully saturated rings. The molecule has 2 saturated heterocycles. The summed E-state index contributed by atoms with van der Waals surface area (Å²) in [6.07, 6.45) is 16.3. The second kappa shape index (κ2) is 13.1. The van der Waals surface area contributed by atoms with Gasteiger partial charge in [0.1, 0.15) is 6.04 Å². The van der Waals surface area contributed by atoms with Gasteiger partial charge in [-0.05, 0) is 139 Å². The first-order valence-corrected chi connectivity index (χ1v) is 21.0. The third-order valence-corrected chi connectivity index (χ3v) is 16.6. The molecule has 3 aromatic carbocycles. The molecule has 10 rings (SSSR count). The lowest BCUT2D eigenvalue weighted by atomic mass is 9.46. The predicted octanol–water partition coefficient (Wildman–Crippen LogP) is 7.49. The highest BCUT2D eigenvalue weighted by Gasteiger charge is 2.68. The molecule has 1 spiro atoms. The number of halogens is 1. The van der Waals surface area contributed by atoms with Crippen LogP contribution in [0.4, 0.5) is 0 Å². The van der Waals surface area contributed by atoms with Crippen LogP contribution < -0.4 is 21.5 Å². The van der Waals surface area contributed by atoms with E-state index in [4.69, 9.17) is 9.47 Å². The predicted molar refractivity (Wildman–Crippen MR) is 211 cm³/mol. The Labute approximate surface area is 332 Å². The van der Waals surface area contributed by atoms with Crippen molar-refractivity contribution in [2.45, 2.75) is 124 Å². The van der Waals surface area contributed by atoms with E-state index in [0.29, 0.717) is 41.9 Å². The molecule has 0 N–H and O–H groups in total. The summed E-state index contributed by atoms with van der Waals surface area (Å²) in [5.74, 6) is 3.81. The van der Waals surface area contributed by atoms with Crippen molar-refractivity contribution in [1.29, 1.82) is 0 Å². The van der Waals surface area contributed by atoms with E-state index in [0.717, 1.165) is 53.7 Å². The lowest BCUT2D eigenvalue weighted by Gasteiger charge is -2.58. The summed E-state index contributed by atoms with van der Waals surface area (Å²) in [4.78, 5) is 13.8. The van der Waals surface area contributed by atoms with E-state index in [1.165, 1.54) is 67.0 Å². The number of imidazole rings is 1. The second-order valence-corrected chi connectivity index (χ2v) is 19.2. The second-order valence-electron chi connectivity index (χ2n) is 19.2. The molecule has 3 heterocycles. The number of carbonyl (C=O) groups excluding carboxylic acids is 1. The van der Waals surface area contributed by atoms with E-state index in [1.807, 2.05) is 12.1 Å². The number of carbonyl (C=O) groups is 1. The molecule has 54 heavy (non-hydrogen) atoms. The average Bonchev–Trinajstić information content (AvgIpc) is 3.74. The monoisotopic (exact) mass is 790 g/mol. The van der Waals surface area contributed by atoms with Crippen LogP contribution in [0.2, 0.25) is 0 Å². The van der Waals surface area contributed by atoms with Gasteiger partial charge < -0.3 is 26.5 Å². The number of rotatable bonds is 4. The summed E-state index contributed by atoms with van der Waals surface area (Å²) in [7, 11) is 0. The molecule has 0 amide bonds. The molecular formula is C48H59BrN2O3. The quantitative estimate of drug-likeness (QED) is 0.122. The van der Waals surface area contributed by atoms with Crippen LogP contribution in [0.5, 0.6) is 0 Å². The molecule has 3 saturated carbocycles.